The van der Waals surface area contributed by atoms with Gasteiger partial charge in [0, 0.05) is 11.8 Å². The van der Waals surface area contributed by atoms with E-state index in [9.17, 15) is 9.59 Å². The lowest BCUT2D eigenvalue weighted by atomic mass is 9.69. The fraction of sp³-hybridized carbons (Fsp3) is 0.667. The Hall–Kier alpha value is -1.26. The van der Waals surface area contributed by atoms with E-state index in [2.05, 4.69) is 6.58 Å². The van der Waals surface area contributed by atoms with Crippen LogP contribution in [0.1, 0.15) is 33.6 Å². The molecule has 4 nitrogen and oxygen atoms in total. The van der Waals surface area contributed by atoms with Crippen molar-refractivity contribution in [1.29, 1.82) is 0 Å². The van der Waals surface area contributed by atoms with E-state index in [-0.39, 0.29) is 5.91 Å². The van der Waals surface area contributed by atoms with E-state index in [0.717, 1.165) is 0 Å². The van der Waals surface area contributed by atoms with Gasteiger partial charge < -0.3 is 4.74 Å². The number of rotatable bonds is 1. The molecule has 17 heavy (non-hydrogen) atoms. The molecule has 5 heteroatoms. The van der Waals surface area contributed by atoms with Gasteiger partial charge in [0.2, 0.25) is 5.91 Å². The van der Waals surface area contributed by atoms with Crippen LogP contribution >= 0.6 is 0 Å². The molecular formula is C12H16BNO3. The molecule has 2 rings (SSSR count). The summed E-state index contributed by atoms with van der Waals surface area (Å²) in [5.74, 6) is -0.635. The molecule has 0 aromatic rings. The Kier molecular flexibility index (Phi) is 2.26. The molecule has 2 saturated heterocycles. The number of carbonyl (C=O) groups excluding carboxylic acids is 2. The summed E-state index contributed by atoms with van der Waals surface area (Å²) < 4.78 is 5.32. The van der Waals surface area contributed by atoms with Gasteiger partial charge >= 0.3 is 5.97 Å². The SMILES string of the molecule is [B]C1(C(C)(C)C)OC(=O)[C@]2(C=C)CCC(=O)N12. The Labute approximate surface area is 102 Å². The molecule has 2 heterocycles. The molecule has 0 aromatic carbocycles. The summed E-state index contributed by atoms with van der Waals surface area (Å²) in [6.07, 6.45) is 2.17. The summed E-state index contributed by atoms with van der Waals surface area (Å²) in [5.41, 5.74) is -3.03. The molecule has 0 aliphatic carbocycles. The first-order valence-corrected chi connectivity index (χ1v) is 5.68. The van der Waals surface area contributed by atoms with Crippen molar-refractivity contribution in [2.75, 3.05) is 0 Å². The second-order valence-corrected chi connectivity index (χ2v) is 5.69. The third-order valence-electron chi connectivity index (χ3n) is 3.71. The number of fused-ring (bicyclic) bond motifs is 1. The van der Waals surface area contributed by atoms with Crippen LogP contribution in [0, 0.1) is 5.41 Å². The van der Waals surface area contributed by atoms with Crippen LogP contribution in [0.4, 0.5) is 0 Å². The van der Waals surface area contributed by atoms with Crippen molar-refractivity contribution in [2.24, 2.45) is 5.41 Å². The Morgan fingerprint density at radius 2 is 2.06 bits per heavy atom. The standard InChI is InChI=1S/C12H16BNO3/c1-5-11-7-6-8(15)14(11)12(13,10(2,3)4)17-9(11)16/h5H,1,6-7H2,2-4H3/t11-,12?/m0/s1. The molecule has 0 aromatic heterocycles. The van der Waals surface area contributed by atoms with Gasteiger partial charge in [-0.15, -0.1) is 6.58 Å². The van der Waals surface area contributed by atoms with Crippen LogP contribution in [0.3, 0.4) is 0 Å². The summed E-state index contributed by atoms with van der Waals surface area (Å²) >= 11 is 0. The molecule has 90 valence electrons. The highest BCUT2D eigenvalue weighted by Crippen LogP contribution is 2.50. The van der Waals surface area contributed by atoms with Crippen molar-refractivity contribution in [3.63, 3.8) is 0 Å². The molecule has 0 spiro atoms. The van der Waals surface area contributed by atoms with Gasteiger partial charge in [0.1, 0.15) is 5.62 Å². The summed E-state index contributed by atoms with van der Waals surface area (Å²) in [6, 6.07) is 0. The lowest BCUT2D eigenvalue weighted by Crippen LogP contribution is -2.59. The van der Waals surface area contributed by atoms with Gasteiger partial charge in [-0.3, -0.25) is 9.69 Å². The van der Waals surface area contributed by atoms with Crippen LogP contribution < -0.4 is 0 Å². The summed E-state index contributed by atoms with van der Waals surface area (Å²) in [6.45, 7) is 9.17. The number of hydrogen-bond acceptors (Lipinski definition) is 3. The van der Waals surface area contributed by atoms with E-state index in [4.69, 9.17) is 12.6 Å². The van der Waals surface area contributed by atoms with Gasteiger partial charge in [-0.05, 0) is 6.42 Å². The first-order valence-electron chi connectivity index (χ1n) is 5.68. The molecule has 2 aliphatic heterocycles. The summed E-state index contributed by atoms with van der Waals surface area (Å²) in [7, 11) is 6.18. The molecule has 2 atom stereocenters. The number of nitrogens with zero attached hydrogens (tertiary/aromatic N) is 1. The van der Waals surface area contributed by atoms with Crippen LogP contribution in [0.25, 0.3) is 0 Å². The molecule has 0 saturated carbocycles. The van der Waals surface area contributed by atoms with Gasteiger partial charge in [-0.2, -0.15) is 0 Å². The highest BCUT2D eigenvalue weighted by atomic mass is 16.6. The normalized spacial score (nSPS) is 37.0. The molecular weight excluding hydrogens is 217 g/mol. The Balaban J connectivity index is 2.59. The van der Waals surface area contributed by atoms with Crippen molar-refractivity contribution in [1.82, 2.24) is 4.90 Å². The van der Waals surface area contributed by atoms with Crippen LogP contribution in [0.2, 0.25) is 0 Å². The van der Waals surface area contributed by atoms with Crippen LogP contribution in [-0.4, -0.2) is 35.8 Å². The third kappa shape index (κ3) is 1.25. The van der Waals surface area contributed by atoms with Gasteiger partial charge in [0.05, 0.1) is 0 Å². The summed E-state index contributed by atoms with van der Waals surface area (Å²) in [5, 5.41) is 0. The Morgan fingerprint density at radius 3 is 2.53 bits per heavy atom. The van der Waals surface area contributed by atoms with Crippen LogP contribution in [0.15, 0.2) is 12.7 Å². The Morgan fingerprint density at radius 1 is 1.47 bits per heavy atom. The zero-order valence-electron chi connectivity index (χ0n) is 10.4. The predicted molar refractivity (Wildman–Crippen MR) is 63.0 cm³/mol. The van der Waals surface area contributed by atoms with Crippen molar-refractivity contribution >= 4 is 19.7 Å². The smallest absolute Gasteiger partial charge is 0.337 e. The fourth-order valence-corrected chi connectivity index (χ4v) is 2.46. The first kappa shape index (κ1) is 12.2. The van der Waals surface area contributed by atoms with Gasteiger partial charge in [-0.25, -0.2) is 4.79 Å². The Bertz CT molecular complexity index is 414. The number of carbonyl (C=O) groups is 2. The number of esters is 1. The van der Waals surface area contributed by atoms with Crippen molar-refractivity contribution < 1.29 is 14.3 Å². The third-order valence-corrected chi connectivity index (χ3v) is 3.71. The minimum atomic E-state index is -1.40. The topological polar surface area (TPSA) is 46.6 Å². The molecule has 0 bridgehead atoms. The largest absolute Gasteiger partial charge is 0.446 e. The minimum Gasteiger partial charge on any atom is -0.446 e. The maximum absolute atomic E-state index is 12.0. The predicted octanol–water partition coefficient (Wildman–Crippen LogP) is 0.959. The molecule has 2 fully saturated rings. The average molecular weight is 233 g/mol. The lowest BCUT2D eigenvalue weighted by molar-refractivity contribution is -0.159. The molecule has 1 amide bonds. The van der Waals surface area contributed by atoms with E-state index in [1.165, 1.54) is 11.0 Å². The molecule has 1 unspecified atom stereocenters. The van der Waals surface area contributed by atoms with Crippen LogP contribution in [-0.2, 0) is 14.3 Å². The second-order valence-electron chi connectivity index (χ2n) is 5.69. The second kappa shape index (κ2) is 3.15. The zero-order chi connectivity index (χ0) is 13.1. The molecule has 0 N–H and O–H groups in total. The van der Waals surface area contributed by atoms with E-state index >= 15 is 0 Å². The van der Waals surface area contributed by atoms with E-state index in [1.807, 2.05) is 20.8 Å². The average Bonchev–Trinajstić information content (AvgIpc) is 2.65. The first-order chi connectivity index (χ1) is 7.69. The number of amides is 1. The van der Waals surface area contributed by atoms with E-state index in [0.29, 0.717) is 12.8 Å². The molecule has 2 radical (unpaired) electrons. The number of ether oxygens (including phenoxy) is 1. The highest BCUT2D eigenvalue weighted by Gasteiger charge is 2.67. The zero-order valence-corrected chi connectivity index (χ0v) is 10.4. The van der Waals surface area contributed by atoms with Crippen LogP contribution in [0.5, 0.6) is 0 Å². The van der Waals surface area contributed by atoms with Gasteiger partial charge in [-0.1, -0.05) is 26.8 Å². The van der Waals surface area contributed by atoms with Crippen molar-refractivity contribution in [3.8, 4) is 0 Å². The number of hydrogen-bond donors (Lipinski definition) is 0. The maximum atomic E-state index is 12.0. The van der Waals surface area contributed by atoms with E-state index in [1.54, 1.807) is 0 Å². The lowest BCUT2D eigenvalue weighted by Gasteiger charge is -2.44. The number of cyclic esters (lactones) is 1. The minimum absolute atomic E-state index is 0.159. The summed E-state index contributed by atoms with van der Waals surface area (Å²) in [4.78, 5) is 25.4. The molecule has 2 aliphatic rings. The van der Waals surface area contributed by atoms with Gasteiger partial charge in [0.15, 0.2) is 13.4 Å². The van der Waals surface area contributed by atoms with Gasteiger partial charge in [0.25, 0.3) is 0 Å². The van der Waals surface area contributed by atoms with Crippen molar-refractivity contribution in [2.45, 2.75) is 44.8 Å². The monoisotopic (exact) mass is 233 g/mol. The van der Waals surface area contributed by atoms with E-state index < -0.39 is 22.5 Å². The maximum Gasteiger partial charge on any atom is 0.337 e. The van der Waals surface area contributed by atoms with Crippen molar-refractivity contribution in [3.05, 3.63) is 12.7 Å². The quantitative estimate of drug-likeness (QED) is 0.385. The highest BCUT2D eigenvalue weighted by molar-refractivity contribution is 6.19. The fourth-order valence-electron chi connectivity index (χ4n) is 2.46.